The quantitative estimate of drug-likeness (QED) is 0.634. The van der Waals surface area contributed by atoms with Gasteiger partial charge in [-0.15, -0.1) is 0 Å². The third-order valence-electron chi connectivity index (χ3n) is 4.49. The number of halogens is 1. The molecule has 0 radical (unpaired) electrons. The van der Waals surface area contributed by atoms with Crippen LogP contribution in [0.4, 0.5) is 5.82 Å². The first kappa shape index (κ1) is 19.1. The average Bonchev–Trinajstić information content (AvgIpc) is 2.75. The maximum absolute atomic E-state index is 12.8. The number of aromatic nitrogens is 2. The standard InChI is InChI=1S/C21H20ClN3O2S/c22-17-6-8-19(9-7-17)28(26)15-18-14-20(25-10-12-27-13-11-25)24-21(23-18)16-4-2-1-3-5-16/h1-9,14H,10-13,15H2/t28-/m0/s1. The molecule has 1 atom stereocenters. The van der Waals surface area contributed by atoms with Crippen LogP contribution in [0, 0.1) is 0 Å². The monoisotopic (exact) mass is 413 g/mol. The van der Waals surface area contributed by atoms with Gasteiger partial charge in [-0.2, -0.15) is 0 Å². The smallest absolute Gasteiger partial charge is 0.161 e. The maximum atomic E-state index is 12.8. The molecule has 3 aromatic rings. The molecular weight excluding hydrogens is 394 g/mol. The molecule has 2 aromatic carbocycles. The van der Waals surface area contributed by atoms with Crippen molar-refractivity contribution in [1.29, 1.82) is 0 Å². The van der Waals surface area contributed by atoms with Gasteiger partial charge in [0.05, 0.1) is 35.5 Å². The topological polar surface area (TPSA) is 55.3 Å². The fraction of sp³-hybridized carbons (Fsp3) is 0.238. The third kappa shape index (κ3) is 4.58. The number of ether oxygens (including phenoxy) is 1. The normalized spacial score (nSPS) is 15.4. The molecule has 4 rings (SSSR count). The molecule has 0 amide bonds. The summed E-state index contributed by atoms with van der Waals surface area (Å²) < 4.78 is 18.3. The Kier molecular flexibility index (Phi) is 6.00. The molecule has 1 saturated heterocycles. The van der Waals surface area contributed by atoms with Gasteiger partial charge in [0.15, 0.2) is 5.82 Å². The zero-order chi connectivity index (χ0) is 19.3. The van der Waals surface area contributed by atoms with Gasteiger partial charge in [0, 0.05) is 34.6 Å². The van der Waals surface area contributed by atoms with E-state index in [0.717, 1.165) is 35.1 Å². The molecule has 1 aliphatic heterocycles. The minimum Gasteiger partial charge on any atom is -0.378 e. The number of nitrogens with zero attached hydrogens (tertiary/aromatic N) is 3. The van der Waals surface area contributed by atoms with Crippen LogP contribution < -0.4 is 4.90 Å². The zero-order valence-electron chi connectivity index (χ0n) is 15.3. The van der Waals surface area contributed by atoms with E-state index in [1.54, 1.807) is 24.3 Å². The van der Waals surface area contributed by atoms with Gasteiger partial charge < -0.3 is 9.64 Å². The first-order valence-corrected chi connectivity index (χ1v) is 10.8. The molecule has 2 heterocycles. The van der Waals surface area contributed by atoms with E-state index < -0.39 is 10.8 Å². The summed E-state index contributed by atoms with van der Waals surface area (Å²) in [5.41, 5.74) is 1.69. The van der Waals surface area contributed by atoms with E-state index in [2.05, 4.69) is 4.90 Å². The lowest BCUT2D eigenvalue weighted by Gasteiger charge is -2.28. The van der Waals surface area contributed by atoms with Crippen LogP contribution in [0.5, 0.6) is 0 Å². The number of hydrogen-bond acceptors (Lipinski definition) is 5. The lowest BCUT2D eigenvalue weighted by Crippen LogP contribution is -2.37. The molecule has 0 bridgehead atoms. The summed E-state index contributed by atoms with van der Waals surface area (Å²) in [6, 6.07) is 18.9. The maximum Gasteiger partial charge on any atom is 0.161 e. The summed E-state index contributed by atoms with van der Waals surface area (Å²) in [7, 11) is -1.21. The van der Waals surface area contributed by atoms with Gasteiger partial charge in [-0.05, 0) is 24.3 Å². The Balaban J connectivity index is 1.67. The second-order valence-corrected chi connectivity index (χ2v) is 8.34. The van der Waals surface area contributed by atoms with E-state index in [0.29, 0.717) is 29.8 Å². The van der Waals surface area contributed by atoms with E-state index in [4.69, 9.17) is 26.3 Å². The molecule has 0 spiro atoms. The highest BCUT2D eigenvalue weighted by Crippen LogP contribution is 2.23. The van der Waals surface area contributed by atoms with Gasteiger partial charge in [0.25, 0.3) is 0 Å². The van der Waals surface area contributed by atoms with Crippen LogP contribution in [0.3, 0.4) is 0 Å². The SMILES string of the molecule is O=[S@@](Cc1cc(N2CCOCC2)nc(-c2ccccc2)n1)c1ccc(Cl)cc1. The van der Waals surface area contributed by atoms with Gasteiger partial charge >= 0.3 is 0 Å². The van der Waals surface area contributed by atoms with Crippen LogP contribution in [-0.2, 0) is 21.3 Å². The van der Waals surface area contributed by atoms with E-state index in [1.165, 1.54) is 0 Å². The fourth-order valence-electron chi connectivity index (χ4n) is 3.03. The molecular formula is C21H20ClN3O2S. The summed E-state index contributed by atoms with van der Waals surface area (Å²) in [6.07, 6.45) is 0. The van der Waals surface area contributed by atoms with Crippen molar-refractivity contribution in [2.75, 3.05) is 31.2 Å². The van der Waals surface area contributed by atoms with Crippen LogP contribution in [0.25, 0.3) is 11.4 Å². The highest BCUT2D eigenvalue weighted by molar-refractivity contribution is 7.84. The lowest BCUT2D eigenvalue weighted by atomic mass is 10.2. The Bertz CT molecular complexity index is 961. The van der Waals surface area contributed by atoms with E-state index in [9.17, 15) is 4.21 Å². The summed E-state index contributed by atoms with van der Waals surface area (Å²) in [4.78, 5) is 12.4. The number of rotatable bonds is 5. The van der Waals surface area contributed by atoms with Crippen LogP contribution in [-0.4, -0.2) is 40.5 Å². The van der Waals surface area contributed by atoms with Gasteiger partial charge in [-0.25, -0.2) is 9.97 Å². The van der Waals surface area contributed by atoms with Crippen molar-refractivity contribution in [2.45, 2.75) is 10.6 Å². The van der Waals surface area contributed by atoms with Crippen molar-refractivity contribution in [3.05, 3.63) is 71.4 Å². The Morgan fingerprint density at radius 3 is 2.43 bits per heavy atom. The highest BCUT2D eigenvalue weighted by atomic mass is 35.5. The molecule has 7 heteroatoms. The van der Waals surface area contributed by atoms with E-state index in [1.807, 2.05) is 36.4 Å². The van der Waals surface area contributed by atoms with E-state index in [-0.39, 0.29) is 0 Å². The summed E-state index contributed by atoms with van der Waals surface area (Å²) in [6.45, 7) is 2.92. The van der Waals surface area contributed by atoms with Crippen LogP contribution >= 0.6 is 11.6 Å². The summed E-state index contributed by atoms with van der Waals surface area (Å²) >= 11 is 5.94. The Hall–Kier alpha value is -2.28. The van der Waals surface area contributed by atoms with Crippen LogP contribution in [0.1, 0.15) is 5.69 Å². The molecule has 5 nitrogen and oxygen atoms in total. The number of morpholine rings is 1. The van der Waals surface area contributed by atoms with Gasteiger partial charge in [0.1, 0.15) is 5.82 Å². The highest BCUT2D eigenvalue weighted by Gasteiger charge is 2.17. The first-order valence-electron chi connectivity index (χ1n) is 9.09. The second-order valence-electron chi connectivity index (χ2n) is 6.45. The Morgan fingerprint density at radius 2 is 1.71 bits per heavy atom. The molecule has 144 valence electrons. The number of hydrogen-bond donors (Lipinski definition) is 0. The predicted octanol–water partition coefficient (Wildman–Crippen LogP) is 3.94. The van der Waals surface area contributed by atoms with Crippen molar-refractivity contribution >= 4 is 28.2 Å². The largest absolute Gasteiger partial charge is 0.378 e. The molecule has 0 aliphatic carbocycles. The molecule has 0 saturated carbocycles. The van der Waals surface area contributed by atoms with Crippen LogP contribution in [0.2, 0.25) is 5.02 Å². The molecule has 0 unspecified atom stereocenters. The molecule has 1 fully saturated rings. The number of benzene rings is 2. The van der Waals surface area contributed by atoms with Gasteiger partial charge in [-0.1, -0.05) is 41.9 Å². The molecule has 1 aliphatic rings. The van der Waals surface area contributed by atoms with Crippen molar-refractivity contribution < 1.29 is 8.95 Å². The van der Waals surface area contributed by atoms with E-state index >= 15 is 0 Å². The predicted molar refractivity (Wildman–Crippen MR) is 112 cm³/mol. The minimum absolute atomic E-state index is 0.321. The summed E-state index contributed by atoms with van der Waals surface area (Å²) in [5, 5.41) is 0.628. The van der Waals surface area contributed by atoms with Gasteiger partial charge in [-0.3, -0.25) is 4.21 Å². The second kappa shape index (κ2) is 8.82. The third-order valence-corrected chi connectivity index (χ3v) is 6.10. The number of anilines is 1. The molecule has 28 heavy (non-hydrogen) atoms. The summed E-state index contributed by atoms with van der Waals surface area (Å²) in [5.74, 6) is 1.81. The fourth-order valence-corrected chi connectivity index (χ4v) is 4.18. The van der Waals surface area contributed by atoms with Gasteiger partial charge in [0.2, 0.25) is 0 Å². The Labute approximate surface area is 171 Å². The Morgan fingerprint density at radius 1 is 1.00 bits per heavy atom. The first-order chi connectivity index (χ1) is 13.7. The van der Waals surface area contributed by atoms with Crippen molar-refractivity contribution in [1.82, 2.24) is 9.97 Å². The molecule has 0 N–H and O–H groups in total. The lowest BCUT2D eigenvalue weighted by molar-refractivity contribution is 0.122. The molecule has 1 aromatic heterocycles. The zero-order valence-corrected chi connectivity index (χ0v) is 16.8. The van der Waals surface area contributed by atoms with Crippen molar-refractivity contribution in [3.8, 4) is 11.4 Å². The van der Waals surface area contributed by atoms with Crippen molar-refractivity contribution in [2.24, 2.45) is 0 Å². The van der Waals surface area contributed by atoms with Crippen LogP contribution in [0.15, 0.2) is 65.6 Å². The average molecular weight is 414 g/mol. The van der Waals surface area contributed by atoms with Crippen molar-refractivity contribution in [3.63, 3.8) is 0 Å². The minimum atomic E-state index is -1.21.